The summed E-state index contributed by atoms with van der Waals surface area (Å²) in [5.74, 6) is 1.54. The van der Waals surface area contributed by atoms with Crippen LogP contribution in [0.4, 0.5) is 0 Å². The van der Waals surface area contributed by atoms with Gasteiger partial charge in [0.2, 0.25) is 5.91 Å². The van der Waals surface area contributed by atoms with Crippen LogP contribution in [0.5, 0.6) is 11.5 Å². The highest BCUT2D eigenvalue weighted by atomic mass is 32.2. The number of ether oxygens (including phenoxy) is 2. The number of aryl methyl sites for hydroxylation is 1. The van der Waals surface area contributed by atoms with Gasteiger partial charge >= 0.3 is 0 Å². The van der Waals surface area contributed by atoms with E-state index in [9.17, 15) is 9.59 Å². The fraction of sp³-hybridized carbons (Fsp3) is 0.423. The fourth-order valence-corrected chi connectivity index (χ4v) is 5.21. The van der Waals surface area contributed by atoms with E-state index in [4.69, 9.17) is 14.5 Å². The average molecular weight is 482 g/mol. The monoisotopic (exact) mass is 481 g/mol. The van der Waals surface area contributed by atoms with Crippen molar-refractivity contribution >= 4 is 28.6 Å². The molecule has 8 heteroatoms. The van der Waals surface area contributed by atoms with Gasteiger partial charge in [0.15, 0.2) is 16.7 Å². The van der Waals surface area contributed by atoms with E-state index in [1.54, 1.807) is 24.9 Å². The van der Waals surface area contributed by atoms with Crippen molar-refractivity contribution in [2.75, 3.05) is 20.0 Å². The zero-order valence-electron chi connectivity index (χ0n) is 19.7. The summed E-state index contributed by atoms with van der Waals surface area (Å²) in [4.78, 5) is 30.6. The number of hydrogen-bond donors (Lipinski definition) is 1. The summed E-state index contributed by atoms with van der Waals surface area (Å²) in [6.07, 6.45) is 6.28. The van der Waals surface area contributed by atoms with E-state index in [1.165, 1.54) is 31.0 Å². The quantitative estimate of drug-likeness (QED) is 0.364. The van der Waals surface area contributed by atoms with Crippen LogP contribution >= 0.6 is 11.8 Å². The van der Waals surface area contributed by atoms with Gasteiger partial charge in [0.05, 0.1) is 30.9 Å². The molecule has 0 spiro atoms. The van der Waals surface area contributed by atoms with E-state index < -0.39 is 0 Å². The lowest BCUT2D eigenvalue weighted by Gasteiger charge is -2.22. The highest BCUT2D eigenvalue weighted by Gasteiger charge is 2.18. The first-order chi connectivity index (χ1) is 16.6. The molecule has 2 aromatic carbocycles. The molecule has 34 heavy (non-hydrogen) atoms. The van der Waals surface area contributed by atoms with Crippen LogP contribution in [0.2, 0.25) is 0 Å². The topological polar surface area (TPSA) is 82.5 Å². The zero-order valence-corrected chi connectivity index (χ0v) is 20.5. The standard InChI is InChI=1S/C26H31N3O4S/c1-32-22-13-12-18(16-23(22)33-2)14-15-29-25(31)20-10-6-7-11-21(20)28-26(29)34-17-24(30)27-19-8-4-3-5-9-19/h6-7,10-13,16,19H,3-5,8-9,14-15,17H2,1-2H3,(H,27,30). The van der Waals surface area contributed by atoms with Gasteiger partial charge in [0.25, 0.3) is 5.56 Å². The van der Waals surface area contributed by atoms with Crippen molar-refractivity contribution in [3.63, 3.8) is 0 Å². The molecule has 1 N–H and O–H groups in total. The number of fused-ring (bicyclic) bond motifs is 1. The molecule has 0 atom stereocenters. The van der Waals surface area contributed by atoms with Gasteiger partial charge in [-0.05, 0) is 49.1 Å². The molecule has 180 valence electrons. The van der Waals surface area contributed by atoms with Crippen molar-refractivity contribution in [1.29, 1.82) is 0 Å². The smallest absolute Gasteiger partial charge is 0.262 e. The number of aromatic nitrogens is 2. The normalized spacial score (nSPS) is 14.2. The molecule has 1 fully saturated rings. The number of nitrogens with one attached hydrogen (secondary N) is 1. The second-order valence-electron chi connectivity index (χ2n) is 8.50. The van der Waals surface area contributed by atoms with Crippen molar-refractivity contribution < 1.29 is 14.3 Å². The van der Waals surface area contributed by atoms with Crippen LogP contribution in [0.15, 0.2) is 52.4 Å². The van der Waals surface area contributed by atoms with Gasteiger partial charge in [0.1, 0.15) is 0 Å². The Morgan fingerprint density at radius 2 is 1.85 bits per heavy atom. The molecule has 3 aromatic rings. The molecule has 1 heterocycles. The van der Waals surface area contributed by atoms with Gasteiger partial charge in [0, 0.05) is 12.6 Å². The number of amides is 1. The van der Waals surface area contributed by atoms with Crippen LogP contribution in [0.3, 0.4) is 0 Å². The third-order valence-electron chi connectivity index (χ3n) is 6.20. The molecule has 4 rings (SSSR count). The zero-order chi connectivity index (χ0) is 23.9. The summed E-state index contributed by atoms with van der Waals surface area (Å²) < 4.78 is 12.4. The maximum Gasteiger partial charge on any atom is 0.262 e. The summed E-state index contributed by atoms with van der Waals surface area (Å²) in [7, 11) is 3.21. The minimum Gasteiger partial charge on any atom is -0.493 e. The number of rotatable bonds is 9. The summed E-state index contributed by atoms with van der Waals surface area (Å²) in [5, 5.41) is 4.27. The molecular formula is C26H31N3O4S. The first-order valence-electron chi connectivity index (χ1n) is 11.7. The van der Waals surface area contributed by atoms with Crippen LogP contribution in [-0.2, 0) is 17.8 Å². The Kier molecular flexibility index (Phi) is 8.11. The molecule has 0 bridgehead atoms. The minimum absolute atomic E-state index is 0.00857. The van der Waals surface area contributed by atoms with Gasteiger partial charge in [-0.3, -0.25) is 14.2 Å². The van der Waals surface area contributed by atoms with Crippen molar-refractivity contribution in [1.82, 2.24) is 14.9 Å². The molecular weight excluding hydrogens is 450 g/mol. The molecule has 1 saturated carbocycles. The second kappa shape index (κ2) is 11.4. The first kappa shape index (κ1) is 24.1. The lowest BCUT2D eigenvalue weighted by molar-refractivity contribution is -0.119. The average Bonchev–Trinajstić information content (AvgIpc) is 2.87. The van der Waals surface area contributed by atoms with Gasteiger partial charge in [-0.15, -0.1) is 0 Å². The third kappa shape index (κ3) is 5.73. The lowest BCUT2D eigenvalue weighted by Crippen LogP contribution is -2.37. The first-order valence-corrected chi connectivity index (χ1v) is 12.7. The van der Waals surface area contributed by atoms with Gasteiger partial charge in [-0.25, -0.2) is 4.98 Å². The Labute approximate surface area is 203 Å². The SMILES string of the molecule is COc1ccc(CCn2c(SCC(=O)NC3CCCCC3)nc3ccccc3c2=O)cc1OC. The second-order valence-corrected chi connectivity index (χ2v) is 9.44. The number of carbonyl (C=O) groups excluding carboxylic acids is 1. The van der Waals surface area contributed by atoms with Gasteiger partial charge in [-0.2, -0.15) is 0 Å². The molecule has 0 aliphatic heterocycles. The van der Waals surface area contributed by atoms with E-state index in [0.29, 0.717) is 40.5 Å². The Morgan fingerprint density at radius 3 is 2.62 bits per heavy atom. The Hall–Kier alpha value is -3.00. The van der Waals surface area contributed by atoms with E-state index in [2.05, 4.69) is 5.32 Å². The van der Waals surface area contributed by atoms with Crippen molar-refractivity contribution in [3.8, 4) is 11.5 Å². The third-order valence-corrected chi connectivity index (χ3v) is 7.18. The predicted molar refractivity (Wildman–Crippen MR) is 135 cm³/mol. The molecule has 0 saturated heterocycles. The number of nitrogens with zero attached hydrogens (tertiary/aromatic N) is 2. The Morgan fingerprint density at radius 1 is 1.09 bits per heavy atom. The van der Waals surface area contributed by atoms with Crippen LogP contribution in [-0.4, -0.2) is 41.5 Å². The van der Waals surface area contributed by atoms with E-state index in [0.717, 1.165) is 18.4 Å². The molecule has 1 aliphatic carbocycles. The Bertz CT molecular complexity index is 1200. The molecule has 1 aliphatic rings. The minimum atomic E-state index is -0.0961. The molecule has 1 aromatic heterocycles. The van der Waals surface area contributed by atoms with Gasteiger partial charge < -0.3 is 14.8 Å². The van der Waals surface area contributed by atoms with Crippen molar-refractivity contribution in [2.45, 2.75) is 56.3 Å². The number of hydrogen-bond acceptors (Lipinski definition) is 6. The van der Waals surface area contributed by atoms with Crippen molar-refractivity contribution in [2.24, 2.45) is 0 Å². The number of para-hydroxylation sites is 1. The summed E-state index contributed by atoms with van der Waals surface area (Å²) in [5.41, 5.74) is 1.56. The maximum absolute atomic E-state index is 13.3. The summed E-state index contributed by atoms with van der Waals surface area (Å²) in [6, 6.07) is 13.3. The largest absolute Gasteiger partial charge is 0.493 e. The van der Waals surface area contributed by atoms with E-state index >= 15 is 0 Å². The predicted octanol–water partition coefficient (Wildman–Crippen LogP) is 4.20. The van der Waals surface area contributed by atoms with E-state index in [-0.39, 0.29) is 23.3 Å². The maximum atomic E-state index is 13.3. The number of benzene rings is 2. The van der Waals surface area contributed by atoms with Crippen molar-refractivity contribution in [3.05, 3.63) is 58.4 Å². The molecule has 1 amide bonds. The summed E-state index contributed by atoms with van der Waals surface area (Å²) in [6.45, 7) is 0.443. The highest BCUT2D eigenvalue weighted by Crippen LogP contribution is 2.28. The molecule has 7 nitrogen and oxygen atoms in total. The fourth-order valence-electron chi connectivity index (χ4n) is 4.38. The molecule has 0 unspecified atom stereocenters. The molecule has 0 radical (unpaired) electrons. The Balaban J connectivity index is 1.53. The van der Waals surface area contributed by atoms with Gasteiger partial charge in [-0.1, -0.05) is 49.2 Å². The lowest BCUT2D eigenvalue weighted by atomic mass is 9.95. The van der Waals surface area contributed by atoms with Crippen LogP contribution < -0.4 is 20.3 Å². The number of methoxy groups -OCH3 is 2. The van der Waals surface area contributed by atoms with Crippen LogP contribution in [0.1, 0.15) is 37.7 Å². The number of thioether (sulfide) groups is 1. The van der Waals surface area contributed by atoms with Crippen LogP contribution in [0, 0.1) is 0 Å². The highest BCUT2D eigenvalue weighted by molar-refractivity contribution is 7.99. The van der Waals surface area contributed by atoms with E-state index in [1.807, 2.05) is 36.4 Å². The summed E-state index contributed by atoms with van der Waals surface area (Å²) >= 11 is 1.32. The number of carbonyl (C=O) groups is 1. The van der Waals surface area contributed by atoms with Crippen LogP contribution in [0.25, 0.3) is 10.9 Å².